The van der Waals surface area contributed by atoms with Crippen molar-refractivity contribution >= 4 is 11.6 Å². The Hall–Kier alpha value is -2.04. The van der Waals surface area contributed by atoms with Gasteiger partial charge in [-0.3, -0.25) is 4.79 Å². The summed E-state index contributed by atoms with van der Waals surface area (Å²) in [6.07, 6.45) is 0.343. The molecule has 88 valence electrons. The molecule has 1 amide bonds. The number of ether oxygens (including phenoxy) is 2. The fourth-order valence-electron chi connectivity index (χ4n) is 1.91. The predicted molar refractivity (Wildman–Crippen MR) is 61.4 cm³/mol. The van der Waals surface area contributed by atoms with Crippen LogP contribution in [0.4, 0.5) is 0 Å². The van der Waals surface area contributed by atoms with E-state index < -0.39 is 0 Å². The van der Waals surface area contributed by atoms with Crippen molar-refractivity contribution < 1.29 is 14.3 Å². The summed E-state index contributed by atoms with van der Waals surface area (Å²) in [7, 11) is 1.66. The number of carbonyl (C=O) groups excluding carboxylic acids is 1. The number of carbonyl (C=O) groups is 1. The van der Waals surface area contributed by atoms with E-state index in [1.807, 2.05) is 18.2 Å². The number of hydrogen-bond acceptors (Lipinski definition) is 4. The van der Waals surface area contributed by atoms with E-state index in [1.54, 1.807) is 7.05 Å². The highest BCUT2D eigenvalue weighted by Gasteiger charge is 2.23. The highest BCUT2D eigenvalue weighted by atomic mass is 16.6. The van der Waals surface area contributed by atoms with Crippen LogP contribution in [0.2, 0.25) is 0 Å². The summed E-state index contributed by atoms with van der Waals surface area (Å²) >= 11 is 0. The Labute approximate surface area is 98.6 Å². The molecule has 0 saturated heterocycles. The zero-order valence-corrected chi connectivity index (χ0v) is 9.47. The molecule has 5 nitrogen and oxygen atoms in total. The van der Waals surface area contributed by atoms with Crippen LogP contribution in [0.1, 0.15) is 12.0 Å². The minimum absolute atomic E-state index is 0.00916. The van der Waals surface area contributed by atoms with Crippen molar-refractivity contribution in [2.24, 2.45) is 5.10 Å². The molecule has 0 unspecified atom stereocenters. The van der Waals surface area contributed by atoms with E-state index in [1.165, 1.54) is 5.01 Å². The molecule has 3 rings (SSSR count). The third-order valence-corrected chi connectivity index (χ3v) is 2.83. The van der Waals surface area contributed by atoms with Crippen molar-refractivity contribution in [1.82, 2.24) is 5.01 Å². The van der Waals surface area contributed by atoms with E-state index in [-0.39, 0.29) is 5.91 Å². The molecule has 0 N–H and O–H groups in total. The van der Waals surface area contributed by atoms with Crippen LogP contribution in [0.3, 0.4) is 0 Å². The second kappa shape index (κ2) is 3.76. The van der Waals surface area contributed by atoms with Gasteiger partial charge in [0.15, 0.2) is 11.5 Å². The predicted octanol–water partition coefficient (Wildman–Crippen LogP) is 1.02. The second-order valence-electron chi connectivity index (χ2n) is 4.00. The van der Waals surface area contributed by atoms with Gasteiger partial charge in [0.25, 0.3) is 0 Å². The fraction of sp³-hybridized carbons (Fsp3) is 0.333. The molecule has 5 heteroatoms. The van der Waals surface area contributed by atoms with Gasteiger partial charge in [-0.25, -0.2) is 5.01 Å². The number of rotatable bonds is 1. The fourth-order valence-corrected chi connectivity index (χ4v) is 1.91. The third-order valence-electron chi connectivity index (χ3n) is 2.83. The van der Waals surface area contributed by atoms with Gasteiger partial charge in [-0.2, -0.15) is 5.10 Å². The van der Waals surface area contributed by atoms with Gasteiger partial charge in [0, 0.05) is 12.6 Å². The van der Waals surface area contributed by atoms with Gasteiger partial charge in [-0.05, 0) is 18.2 Å². The average molecular weight is 232 g/mol. The Morgan fingerprint density at radius 1 is 1.24 bits per heavy atom. The highest BCUT2D eigenvalue weighted by Crippen LogP contribution is 2.31. The first-order chi connectivity index (χ1) is 8.24. The average Bonchev–Trinajstić information content (AvgIpc) is 2.69. The second-order valence-corrected chi connectivity index (χ2v) is 4.00. The Morgan fingerprint density at radius 3 is 2.71 bits per heavy atom. The van der Waals surface area contributed by atoms with Crippen LogP contribution < -0.4 is 9.47 Å². The number of fused-ring (bicyclic) bond motifs is 1. The normalized spacial score (nSPS) is 18.3. The molecule has 0 atom stereocenters. The van der Waals surface area contributed by atoms with Crippen molar-refractivity contribution in [2.75, 3.05) is 20.3 Å². The van der Waals surface area contributed by atoms with E-state index >= 15 is 0 Å². The molecule has 0 spiro atoms. The zero-order valence-electron chi connectivity index (χ0n) is 9.47. The largest absolute Gasteiger partial charge is 0.486 e. The standard InChI is InChI=1S/C12H12N2O3/c1-14-12(15)7-9(13-14)8-2-3-10-11(6-8)17-5-4-16-10/h2-3,6H,4-5,7H2,1H3. The van der Waals surface area contributed by atoms with Gasteiger partial charge in [-0.1, -0.05) is 0 Å². The Bertz CT molecular complexity index is 510. The minimum atomic E-state index is 0.00916. The van der Waals surface area contributed by atoms with E-state index in [9.17, 15) is 4.79 Å². The third kappa shape index (κ3) is 1.73. The summed E-state index contributed by atoms with van der Waals surface area (Å²) < 4.78 is 10.9. The molecule has 2 aliphatic heterocycles. The number of benzene rings is 1. The lowest BCUT2D eigenvalue weighted by Gasteiger charge is -2.18. The molecule has 0 aromatic heterocycles. The van der Waals surface area contributed by atoms with Crippen molar-refractivity contribution in [2.45, 2.75) is 6.42 Å². The summed E-state index contributed by atoms with van der Waals surface area (Å²) in [6, 6.07) is 5.63. The monoisotopic (exact) mass is 232 g/mol. The molecule has 2 heterocycles. The van der Waals surface area contributed by atoms with E-state index in [0.29, 0.717) is 19.6 Å². The van der Waals surface area contributed by atoms with E-state index in [4.69, 9.17) is 9.47 Å². The van der Waals surface area contributed by atoms with Gasteiger partial charge in [0.2, 0.25) is 5.91 Å². The van der Waals surface area contributed by atoms with Gasteiger partial charge >= 0.3 is 0 Å². The number of nitrogens with zero attached hydrogens (tertiary/aromatic N) is 2. The molecule has 17 heavy (non-hydrogen) atoms. The maximum Gasteiger partial charge on any atom is 0.248 e. The molecule has 0 radical (unpaired) electrons. The number of amides is 1. The van der Waals surface area contributed by atoms with Gasteiger partial charge in [0.1, 0.15) is 13.2 Å². The maximum absolute atomic E-state index is 11.4. The van der Waals surface area contributed by atoms with Crippen molar-refractivity contribution in [3.8, 4) is 11.5 Å². The summed E-state index contributed by atoms with van der Waals surface area (Å²) in [5.74, 6) is 1.48. The number of hydrazone groups is 1. The molecule has 0 aliphatic carbocycles. The topological polar surface area (TPSA) is 51.1 Å². The molecule has 0 saturated carbocycles. The molecular weight excluding hydrogens is 220 g/mol. The summed E-state index contributed by atoms with van der Waals surface area (Å²) in [5, 5.41) is 5.56. The van der Waals surface area contributed by atoms with E-state index in [0.717, 1.165) is 22.8 Å². The van der Waals surface area contributed by atoms with E-state index in [2.05, 4.69) is 5.10 Å². The lowest BCUT2D eigenvalue weighted by atomic mass is 10.1. The SMILES string of the molecule is CN1N=C(c2ccc3c(c2)OCCO3)CC1=O. The lowest BCUT2D eigenvalue weighted by molar-refractivity contribution is -0.127. The quantitative estimate of drug-likeness (QED) is 0.726. The molecule has 0 bridgehead atoms. The van der Waals surface area contributed by atoms with Gasteiger partial charge in [0.05, 0.1) is 12.1 Å². The van der Waals surface area contributed by atoms with Crippen LogP contribution in [-0.4, -0.2) is 36.9 Å². The molecule has 0 fully saturated rings. The summed E-state index contributed by atoms with van der Waals surface area (Å²) in [5.41, 5.74) is 1.68. The van der Waals surface area contributed by atoms with Crippen molar-refractivity contribution in [1.29, 1.82) is 0 Å². The zero-order chi connectivity index (χ0) is 11.8. The number of hydrogen-bond donors (Lipinski definition) is 0. The van der Waals surface area contributed by atoms with Gasteiger partial charge in [-0.15, -0.1) is 0 Å². The van der Waals surface area contributed by atoms with Crippen LogP contribution in [0.5, 0.6) is 11.5 Å². The highest BCUT2D eigenvalue weighted by molar-refractivity contribution is 6.13. The van der Waals surface area contributed by atoms with Crippen molar-refractivity contribution in [3.63, 3.8) is 0 Å². The lowest BCUT2D eigenvalue weighted by Crippen LogP contribution is -2.16. The minimum Gasteiger partial charge on any atom is -0.486 e. The first kappa shape index (κ1) is 10.1. The van der Waals surface area contributed by atoms with Crippen LogP contribution in [0.15, 0.2) is 23.3 Å². The Balaban J connectivity index is 1.94. The molecule has 1 aromatic rings. The Morgan fingerprint density at radius 2 is 2.00 bits per heavy atom. The smallest absolute Gasteiger partial charge is 0.248 e. The van der Waals surface area contributed by atoms with Gasteiger partial charge < -0.3 is 9.47 Å². The first-order valence-corrected chi connectivity index (χ1v) is 5.48. The molecular formula is C12H12N2O3. The first-order valence-electron chi connectivity index (χ1n) is 5.48. The Kier molecular flexibility index (Phi) is 2.24. The van der Waals surface area contributed by atoms with Crippen molar-refractivity contribution in [3.05, 3.63) is 23.8 Å². The summed E-state index contributed by atoms with van der Waals surface area (Å²) in [6.45, 7) is 1.14. The molecule has 2 aliphatic rings. The molecule has 1 aromatic carbocycles. The van der Waals surface area contributed by atoms with Crippen LogP contribution in [-0.2, 0) is 4.79 Å². The van der Waals surface area contributed by atoms with Crippen LogP contribution >= 0.6 is 0 Å². The van der Waals surface area contributed by atoms with Crippen LogP contribution in [0.25, 0.3) is 0 Å². The van der Waals surface area contributed by atoms with Crippen LogP contribution in [0, 0.1) is 0 Å². The maximum atomic E-state index is 11.4. The summed E-state index contributed by atoms with van der Waals surface area (Å²) in [4.78, 5) is 11.4.